The zero-order valence-electron chi connectivity index (χ0n) is 12.2. The van der Waals surface area contributed by atoms with Crippen LogP contribution in [0.15, 0.2) is 42.5 Å². The van der Waals surface area contributed by atoms with Crippen LogP contribution in [0.3, 0.4) is 0 Å². The average molecular weight is 257 g/mol. The first kappa shape index (κ1) is 13.9. The lowest BCUT2D eigenvalue weighted by Gasteiger charge is -2.27. The lowest BCUT2D eigenvalue weighted by atomic mass is 9.99. The van der Waals surface area contributed by atoms with Gasteiger partial charge in [0.25, 0.3) is 0 Å². The zero-order chi connectivity index (χ0) is 13.9. The quantitative estimate of drug-likeness (QED) is 0.854. The standard InChI is InChI=1S/C17H23NO/c1-13(12-17(2,3)19-4)18-16-10-9-14-7-5-6-8-15(14)11-16/h5-11,13,18H,12H2,1-4H3. The van der Waals surface area contributed by atoms with Gasteiger partial charge in [-0.1, -0.05) is 30.3 Å². The molecule has 0 fully saturated rings. The molecule has 2 rings (SSSR count). The van der Waals surface area contributed by atoms with Crippen LogP contribution in [0.1, 0.15) is 27.2 Å². The third-order valence-corrected chi connectivity index (χ3v) is 3.51. The van der Waals surface area contributed by atoms with Gasteiger partial charge in [-0.25, -0.2) is 0 Å². The van der Waals surface area contributed by atoms with E-state index in [1.165, 1.54) is 10.8 Å². The normalized spacial score (nSPS) is 13.5. The van der Waals surface area contributed by atoms with Gasteiger partial charge in [0.15, 0.2) is 0 Å². The molecule has 0 aliphatic rings. The van der Waals surface area contributed by atoms with Crippen LogP contribution in [0.2, 0.25) is 0 Å². The van der Waals surface area contributed by atoms with E-state index in [0.29, 0.717) is 6.04 Å². The molecule has 1 N–H and O–H groups in total. The highest BCUT2D eigenvalue weighted by Gasteiger charge is 2.19. The van der Waals surface area contributed by atoms with E-state index in [2.05, 4.69) is 68.6 Å². The molecule has 0 spiro atoms. The molecule has 2 nitrogen and oxygen atoms in total. The lowest BCUT2D eigenvalue weighted by molar-refractivity contribution is 0.0128. The van der Waals surface area contributed by atoms with Crippen molar-refractivity contribution < 1.29 is 4.74 Å². The second kappa shape index (κ2) is 5.62. The first-order valence-electron chi connectivity index (χ1n) is 6.81. The number of ether oxygens (including phenoxy) is 1. The molecule has 2 aromatic carbocycles. The van der Waals surface area contributed by atoms with Crippen LogP contribution < -0.4 is 5.32 Å². The molecule has 1 atom stereocenters. The highest BCUT2D eigenvalue weighted by molar-refractivity contribution is 5.85. The van der Waals surface area contributed by atoms with Crippen molar-refractivity contribution in [2.45, 2.75) is 38.8 Å². The molecule has 0 aromatic heterocycles. The Morgan fingerprint density at radius 1 is 1.11 bits per heavy atom. The minimum absolute atomic E-state index is 0.0940. The first-order chi connectivity index (χ1) is 9.00. The first-order valence-corrected chi connectivity index (χ1v) is 6.81. The Labute approximate surface area is 115 Å². The number of methoxy groups -OCH3 is 1. The summed E-state index contributed by atoms with van der Waals surface area (Å²) in [7, 11) is 1.77. The SMILES string of the molecule is COC(C)(C)CC(C)Nc1ccc2ccccc2c1. The molecular formula is C17H23NO. The van der Waals surface area contributed by atoms with Crippen molar-refractivity contribution in [3.63, 3.8) is 0 Å². The van der Waals surface area contributed by atoms with E-state index < -0.39 is 0 Å². The van der Waals surface area contributed by atoms with Gasteiger partial charge in [0.05, 0.1) is 5.60 Å². The maximum atomic E-state index is 5.48. The Morgan fingerprint density at radius 2 is 1.79 bits per heavy atom. The fourth-order valence-corrected chi connectivity index (χ4v) is 2.44. The van der Waals surface area contributed by atoms with E-state index in [9.17, 15) is 0 Å². The molecule has 1 unspecified atom stereocenters. The Kier molecular flexibility index (Phi) is 4.11. The summed E-state index contributed by atoms with van der Waals surface area (Å²) in [5.41, 5.74) is 1.07. The number of nitrogens with one attached hydrogen (secondary N) is 1. The molecule has 2 heteroatoms. The highest BCUT2D eigenvalue weighted by atomic mass is 16.5. The molecule has 19 heavy (non-hydrogen) atoms. The Bertz CT molecular complexity index is 548. The smallest absolute Gasteiger partial charge is 0.0642 e. The predicted octanol–water partition coefficient (Wildman–Crippen LogP) is 4.46. The maximum Gasteiger partial charge on any atom is 0.0642 e. The fourth-order valence-electron chi connectivity index (χ4n) is 2.44. The van der Waals surface area contributed by atoms with Crippen LogP contribution in [0.5, 0.6) is 0 Å². The molecule has 0 saturated heterocycles. The second-order valence-electron chi connectivity index (χ2n) is 5.78. The summed E-state index contributed by atoms with van der Waals surface area (Å²) in [5, 5.41) is 6.09. The molecular weight excluding hydrogens is 234 g/mol. The monoisotopic (exact) mass is 257 g/mol. The van der Waals surface area contributed by atoms with Crippen LogP contribution in [-0.4, -0.2) is 18.8 Å². The highest BCUT2D eigenvalue weighted by Crippen LogP contribution is 2.22. The van der Waals surface area contributed by atoms with Gasteiger partial charge in [0, 0.05) is 18.8 Å². The number of benzene rings is 2. The molecule has 2 aromatic rings. The van der Waals surface area contributed by atoms with E-state index >= 15 is 0 Å². The van der Waals surface area contributed by atoms with Crippen molar-refractivity contribution in [2.75, 3.05) is 12.4 Å². The summed E-state index contributed by atoms with van der Waals surface area (Å²) in [4.78, 5) is 0. The Balaban J connectivity index is 2.08. The summed E-state index contributed by atoms with van der Waals surface area (Å²) in [5.74, 6) is 0. The van der Waals surface area contributed by atoms with E-state index in [4.69, 9.17) is 4.74 Å². The summed E-state index contributed by atoms with van der Waals surface area (Å²) in [6.45, 7) is 6.42. The minimum Gasteiger partial charge on any atom is -0.382 e. The van der Waals surface area contributed by atoms with Crippen molar-refractivity contribution >= 4 is 16.5 Å². The third kappa shape index (κ3) is 3.71. The van der Waals surface area contributed by atoms with Crippen LogP contribution in [0.4, 0.5) is 5.69 Å². The molecule has 0 aliphatic heterocycles. The van der Waals surface area contributed by atoms with E-state index in [1.807, 2.05) is 0 Å². The number of fused-ring (bicyclic) bond motifs is 1. The van der Waals surface area contributed by atoms with Crippen molar-refractivity contribution in [2.24, 2.45) is 0 Å². The number of anilines is 1. The maximum absolute atomic E-state index is 5.48. The summed E-state index contributed by atoms with van der Waals surface area (Å²) in [6.07, 6.45) is 0.969. The third-order valence-electron chi connectivity index (χ3n) is 3.51. The second-order valence-corrected chi connectivity index (χ2v) is 5.78. The molecule has 0 radical (unpaired) electrons. The topological polar surface area (TPSA) is 21.3 Å². The van der Waals surface area contributed by atoms with Gasteiger partial charge in [-0.2, -0.15) is 0 Å². The van der Waals surface area contributed by atoms with E-state index in [1.54, 1.807) is 7.11 Å². The van der Waals surface area contributed by atoms with E-state index in [0.717, 1.165) is 12.1 Å². The molecule has 102 valence electrons. The van der Waals surface area contributed by atoms with Gasteiger partial charge >= 0.3 is 0 Å². The summed E-state index contributed by atoms with van der Waals surface area (Å²) < 4.78 is 5.48. The van der Waals surface area contributed by atoms with Crippen LogP contribution in [-0.2, 0) is 4.74 Å². The number of hydrogen-bond donors (Lipinski definition) is 1. The van der Waals surface area contributed by atoms with Gasteiger partial charge in [-0.15, -0.1) is 0 Å². The Hall–Kier alpha value is -1.54. The van der Waals surface area contributed by atoms with Crippen LogP contribution in [0.25, 0.3) is 10.8 Å². The van der Waals surface area contributed by atoms with Crippen LogP contribution in [0, 0.1) is 0 Å². The number of rotatable bonds is 5. The van der Waals surface area contributed by atoms with Crippen molar-refractivity contribution in [3.05, 3.63) is 42.5 Å². The van der Waals surface area contributed by atoms with Crippen LogP contribution >= 0.6 is 0 Å². The summed E-state index contributed by atoms with van der Waals surface area (Å²) >= 11 is 0. The Morgan fingerprint density at radius 3 is 2.47 bits per heavy atom. The zero-order valence-corrected chi connectivity index (χ0v) is 12.2. The molecule has 0 heterocycles. The fraction of sp³-hybridized carbons (Fsp3) is 0.412. The molecule has 0 saturated carbocycles. The number of hydrogen-bond acceptors (Lipinski definition) is 2. The largest absolute Gasteiger partial charge is 0.382 e. The van der Waals surface area contributed by atoms with Gasteiger partial charge in [0.1, 0.15) is 0 Å². The van der Waals surface area contributed by atoms with Crippen molar-refractivity contribution in [1.29, 1.82) is 0 Å². The minimum atomic E-state index is -0.0940. The molecule has 0 bridgehead atoms. The molecule has 0 amide bonds. The van der Waals surface area contributed by atoms with Crippen molar-refractivity contribution in [3.8, 4) is 0 Å². The average Bonchev–Trinajstić information content (AvgIpc) is 2.38. The van der Waals surface area contributed by atoms with Gasteiger partial charge in [0.2, 0.25) is 0 Å². The van der Waals surface area contributed by atoms with E-state index in [-0.39, 0.29) is 5.60 Å². The van der Waals surface area contributed by atoms with Crippen molar-refractivity contribution in [1.82, 2.24) is 0 Å². The van der Waals surface area contributed by atoms with Gasteiger partial charge in [-0.05, 0) is 50.1 Å². The van der Waals surface area contributed by atoms with Gasteiger partial charge in [-0.3, -0.25) is 0 Å². The predicted molar refractivity (Wildman–Crippen MR) is 82.7 cm³/mol. The van der Waals surface area contributed by atoms with Gasteiger partial charge < -0.3 is 10.1 Å². The lowest BCUT2D eigenvalue weighted by Crippen LogP contribution is -2.31. The summed E-state index contributed by atoms with van der Waals surface area (Å²) in [6, 6.07) is 15.3. The molecule has 0 aliphatic carbocycles.